The summed E-state index contributed by atoms with van der Waals surface area (Å²) in [7, 11) is -3.82. The van der Waals surface area contributed by atoms with Crippen LogP contribution in [0.4, 0.5) is 10.1 Å². The van der Waals surface area contributed by atoms with E-state index in [0.29, 0.717) is 5.56 Å². The van der Waals surface area contributed by atoms with E-state index in [1.807, 2.05) is 6.92 Å². The Morgan fingerprint density at radius 1 is 1.11 bits per heavy atom. The molecule has 6 nitrogen and oxygen atoms in total. The first kappa shape index (κ1) is 19.3. The van der Waals surface area contributed by atoms with E-state index in [-0.39, 0.29) is 28.6 Å². The van der Waals surface area contributed by atoms with Crippen molar-refractivity contribution in [3.63, 3.8) is 0 Å². The van der Waals surface area contributed by atoms with Crippen molar-refractivity contribution in [3.8, 4) is 0 Å². The molecule has 1 aliphatic rings. The second-order valence-electron chi connectivity index (χ2n) is 6.60. The van der Waals surface area contributed by atoms with Crippen LogP contribution in [0.2, 0.25) is 0 Å². The van der Waals surface area contributed by atoms with Crippen LogP contribution in [-0.4, -0.2) is 33.0 Å². The number of carbonyl (C=O) groups is 1. The summed E-state index contributed by atoms with van der Waals surface area (Å²) in [5.41, 5.74) is 0.658. The third kappa shape index (κ3) is 4.84. The Labute approximate surface area is 158 Å². The van der Waals surface area contributed by atoms with Gasteiger partial charge in [0, 0.05) is 23.3 Å². The third-order valence-electron chi connectivity index (χ3n) is 4.60. The van der Waals surface area contributed by atoms with Gasteiger partial charge >= 0.3 is 0 Å². The zero-order chi connectivity index (χ0) is 19.4. The average molecular weight is 391 g/mol. The zero-order valence-electron chi connectivity index (χ0n) is 14.9. The summed E-state index contributed by atoms with van der Waals surface area (Å²) in [6.07, 6.45) is 1.91. The van der Waals surface area contributed by atoms with Gasteiger partial charge in [-0.2, -0.15) is 0 Å². The second kappa shape index (κ2) is 8.06. The van der Waals surface area contributed by atoms with Gasteiger partial charge in [0.15, 0.2) is 0 Å². The molecule has 2 atom stereocenters. The topological polar surface area (TPSA) is 87.3 Å². The number of sulfonamides is 1. The summed E-state index contributed by atoms with van der Waals surface area (Å²) in [6, 6.07) is 11.0. The van der Waals surface area contributed by atoms with E-state index in [0.717, 1.165) is 19.4 Å². The molecule has 144 valence electrons. The number of hydrogen-bond donors (Lipinski definition) is 3. The van der Waals surface area contributed by atoms with Crippen molar-refractivity contribution in [1.82, 2.24) is 10.6 Å². The van der Waals surface area contributed by atoms with Gasteiger partial charge in [0.05, 0.1) is 4.90 Å². The summed E-state index contributed by atoms with van der Waals surface area (Å²) < 4.78 is 40.1. The lowest BCUT2D eigenvalue weighted by Crippen LogP contribution is -2.51. The Hall–Kier alpha value is -2.45. The molecule has 8 heteroatoms. The molecular formula is C19H22FN3O3S. The summed E-state index contributed by atoms with van der Waals surface area (Å²) in [4.78, 5) is 12.4. The fourth-order valence-corrected chi connectivity index (χ4v) is 4.07. The lowest BCUT2D eigenvalue weighted by molar-refractivity contribution is 0.0919. The van der Waals surface area contributed by atoms with E-state index in [1.165, 1.54) is 48.5 Å². The molecule has 0 spiro atoms. The molecule has 1 aliphatic heterocycles. The van der Waals surface area contributed by atoms with Crippen molar-refractivity contribution in [2.45, 2.75) is 36.7 Å². The molecule has 3 N–H and O–H groups in total. The normalized spacial score (nSPS) is 20.1. The van der Waals surface area contributed by atoms with E-state index < -0.39 is 15.8 Å². The maximum Gasteiger partial charge on any atom is 0.261 e. The van der Waals surface area contributed by atoms with Gasteiger partial charge in [-0.25, -0.2) is 12.8 Å². The number of rotatable bonds is 5. The molecule has 1 fully saturated rings. The Morgan fingerprint density at radius 2 is 1.78 bits per heavy atom. The minimum atomic E-state index is -3.82. The van der Waals surface area contributed by atoms with Gasteiger partial charge in [0.25, 0.3) is 15.9 Å². The highest BCUT2D eigenvalue weighted by Crippen LogP contribution is 2.17. The lowest BCUT2D eigenvalue weighted by Gasteiger charge is -2.30. The number of carbonyl (C=O) groups excluding carboxylic acids is 1. The average Bonchev–Trinajstić information content (AvgIpc) is 2.65. The molecule has 3 rings (SSSR count). The van der Waals surface area contributed by atoms with Crippen molar-refractivity contribution in [1.29, 1.82) is 0 Å². The van der Waals surface area contributed by atoms with Crippen LogP contribution in [0.1, 0.15) is 30.1 Å². The van der Waals surface area contributed by atoms with Crippen molar-refractivity contribution in [2.24, 2.45) is 0 Å². The zero-order valence-corrected chi connectivity index (χ0v) is 15.7. The predicted octanol–water partition coefficient (Wildman–Crippen LogP) is 2.50. The van der Waals surface area contributed by atoms with Gasteiger partial charge in [-0.1, -0.05) is 0 Å². The lowest BCUT2D eigenvalue weighted by atomic mass is 9.99. The molecule has 2 aromatic carbocycles. The molecule has 0 bridgehead atoms. The van der Waals surface area contributed by atoms with Crippen LogP contribution >= 0.6 is 0 Å². The molecule has 2 aromatic rings. The fraction of sp³-hybridized carbons (Fsp3) is 0.316. The van der Waals surface area contributed by atoms with Crippen molar-refractivity contribution >= 4 is 21.6 Å². The Kier molecular flexibility index (Phi) is 5.76. The number of amides is 1. The minimum Gasteiger partial charge on any atom is -0.348 e. The van der Waals surface area contributed by atoms with E-state index in [4.69, 9.17) is 0 Å². The van der Waals surface area contributed by atoms with Crippen LogP contribution in [0.15, 0.2) is 53.4 Å². The maximum absolute atomic E-state index is 12.9. The van der Waals surface area contributed by atoms with Crippen LogP contribution < -0.4 is 15.4 Å². The highest BCUT2D eigenvalue weighted by atomic mass is 32.2. The van der Waals surface area contributed by atoms with E-state index in [2.05, 4.69) is 15.4 Å². The molecule has 0 aromatic heterocycles. The predicted molar refractivity (Wildman–Crippen MR) is 102 cm³/mol. The molecule has 2 unspecified atom stereocenters. The van der Waals surface area contributed by atoms with E-state index >= 15 is 0 Å². The van der Waals surface area contributed by atoms with Gasteiger partial charge in [-0.3, -0.25) is 9.52 Å². The SMILES string of the molecule is CC1NCCCC1NC(=O)c1ccc(S(=O)(=O)Nc2ccc(F)cc2)cc1. The second-order valence-corrected chi connectivity index (χ2v) is 8.28. The summed E-state index contributed by atoms with van der Waals surface area (Å²) in [5, 5.41) is 6.30. The minimum absolute atomic E-state index is 0.0241. The molecule has 0 radical (unpaired) electrons. The molecule has 0 saturated carbocycles. The number of nitrogens with one attached hydrogen (secondary N) is 3. The van der Waals surface area contributed by atoms with Crippen LogP contribution in [0, 0.1) is 5.82 Å². The molecular weight excluding hydrogens is 369 g/mol. The highest BCUT2D eigenvalue weighted by Gasteiger charge is 2.23. The smallest absolute Gasteiger partial charge is 0.261 e. The third-order valence-corrected chi connectivity index (χ3v) is 6.00. The molecule has 27 heavy (non-hydrogen) atoms. The molecule has 1 saturated heterocycles. The Morgan fingerprint density at radius 3 is 2.41 bits per heavy atom. The van der Waals surface area contributed by atoms with Crippen LogP contribution in [0.25, 0.3) is 0 Å². The van der Waals surface area contributed by atoms with E-state index in [9.17, 15) is 17.6 Å². The van der Waals surface area contributed by atoms with Crippen molar-refractivity contribution in [2.75, 3.05) is 11.3 Å². The van der Waals surface area contributed by atoms with E-state index in [1.54, 1.807) is 0 Å². The quantitative estimate of drug-likeness (QED) is 0.731. The monoisotopic (exact) mass is 391 g/mol. The molecule has 1 heterocycles. The highest BCUT2D eigenvalue weighted by molar-refractivity contribution is 7.92. The summed E-state index contributed by atoms with van der Waals surface area (Å²) in [6.45, 7) is 2.97. The summed E-state index contributed by atoms with van der Waals surface area (Å²) in [5.74, 6) is -0.679. The number of anilines is 1. The van der Waals surface area contributed by atoms with Gasteiger partial charge in [0.1, 0.15) is 5.82 Å². The molecule has 1 amide bonds. The molecule has 0 aliphatic carbocycles. The first-order chi connectivity index (χ1) is 12.8. The standard InChI is InChI=1S/C19H22FN3O3S/c1-13-18(3-2-12-21-13)22-19(24)14-4-10-17(11-5-14)27(25,26)23-16-8-6-15(20)7-9-16/h4-11,13,18,21,23H,2-3,12H2,1H3,(H,22,24). The van der Waals surface area contributed by atoms with Gasteiger partial charge in [0.2, 0.25) is 0 Å². The van der Waals surface area contributed by atoms with Crippen molar-refractivity contribution < 1.29 is 17.6 Å². The fourth-order valence-electron chi connectivity index (χ4n) is 3.01. The number of halogens is 1. The first-order valence-corrected chi connectivity index (χ1v) is 10.3. The Balaban J connectivity index is 1.68. The number of hydrogen-bond acceptors (Lipinski definition) is 4. The Bertz CT molecular complexity index is 899. The van der Waals surface area contributed by atoms with Crippen LogP contribution in [0.3, 0.4) is 0 Å². The largest absolute Gasteiger partial charge is 0.348 e. The first-order valence-electron chi connectivity index (χ1n) is 8.78. The van der Waals surface area contributed by atoms with Crippen LogP contribution in [0.5, 0.6) is 0 Å². The van der Waals surface area contributed by atoms with Gasteiger partial charge < -0.3 is 10.6 Å². The summed E-state index contributed by atoms with van der Waals surface area (Å²) >= 11 is 0. The number of piperidine rings is 1. The maximum atomic E-state index is 12.9. The van der Waals surface area contributed by atoms with Crippen molar-refractivity contribution in [3.05, 3.63) is 59.9 Å². The number of benzene rings is 2. The van der Waals surface area contributed by atoms with Gasteiger partial charge in [-0.05, 0) is 74.8 Å². The van der Waals surface area contributed by atoms with Gasteiger partial charge in [-0.15, -0.1) is 0 Å². The van der Waals surface area contributed by atoms with Crippen LogP contribution in [-0.2, 0) is 10.0 Å².